The smallest absolute Gasteiger partial charge is 0.0854 e. The predicted molar refractivity (Wildman–Crippen MR) is 35.1 cm³/mol. The van der Waals surface area contributed by atoms with Crippen molar-refractivity contribution in [3.05, 3.63) is 6.42 Å². The topological polar surface area (TPSA) is 80.9 Å². The fourth-order valence-electron chi connectivity index (χ4n) is 0.568. The van der Waals surface area contributed by atoms with Crippen LogP contribution in [0.1, 0.15) is 6.42 Å². The average Bonchev–Trinajstić information content (AvgIpc) is 1.89. The van der Waals surface area contributed by atoms with E-state index in [1.807, 2.05) is 0 Å². The van der Waals surface area contributed by atoms with E-state index in [9.17, 15) is 0 Å². The van der Waals surface area contributed by atoms with Crippen LogP contribution in [0.2, 0.25) is 0 Å². The molecule has 10 heavy (non-hydrogen) atoms. The number of rotatable bonds is 5. The Bertz CT molecular complexity index is 66.1. The summed E-state index contributed by atoms with van der Waals surface area (Å²) in [5.41, 5.74) is 0. The van der Waals surface area contributed by atoms with E-state index in [0.717, 1.165) is 0 Å². The molecule has 0 fully saturated rings. The van der Waals surface area contributed by atoms with Crippen LogP contribution in [0.3, 0.4) is 0 Å². The van der Waals surface area contributed by atoms with Crippen LogP contribution in [0.25, 0.3) is 0 Å². The molecule has 2 atom stereocenters. The first kappa shape index (κ1) is 9.84. The summed E-state index contributed by atoms with van der Waals surface area (Å²) in [7, 11) is 0. The van der Waals surface area contributed by atoms with Gasteiger partial charge in [-0.2, -0.15) is 0 Å². The minimum Gasteiger partial charge on any atom is -0.396 e. The Hall–Kier alpha value is -0.160. The van der Waals surface area contributed by atoms with Crippen molar-refractivity contribution in [2.75, 3.05) is 13.2 Å². The Morgan fingerprint density at radius 1 is 1.20 bits per heavy atom. The molecule has 0 aliphatic carbocycles. The van der Waals surface area contributed by atoms with E-state index < -0.39 is 12.2 Å². The van der Waals surface area contributed by atoms with Crippen LogP contribution in [0.15, 0.2) is 0 Å². The summed E-state index contributed by atoms with van der Waals surface area (Å²) in [6.45, 7) is -0.443. The third-order valence-corrected chi connectivity index (χ3v) is 1.17. The molecule has 4 heteroatoms. The van der Waals surface area contributed by atoms with Gasteiger partial charge in [-0.3, -0.25) is 0 Å². The van der Waals surface area contributed by atoms with Gasteiger partial charge in [0.15, 0.2) is 0 Å². The summed E-state index contributed by atoms with van der Waals surface area (Å²) in [4.78, 5) is 0. The van der Waals surface area contributed by atoms with Crippen molar-refractivity contribution in [2.45, 2.75) is 18.6 Å². The molecule has 4 nitrogen and oxygen atoms in total. The second-order valence-electron chi connectivity index (χ2n) is 1.99. The summed E-state index contributed by atoms with van der Waals surface area (Å²) >= 11 is 0. The number of hydrogen-bond donors (Lipinski definition) is 4. The summed E-state index contributed by atoms with van der Waals surface area (Å²) in [6, 6.07) is 0. The minimum atomic E-state index is -1.04. The van der Waals surface area contributed by atoms with Crippen LogP contribution in [0.5, 0.6) is 0 Å². The van der Waals surface area contributed by atoms with Gasteiger partial charge in [-0.25, -0.2) is 0 Å². The molecular formula is C6H13O4. The van der Waals surface area contributed by atoms with Gasteiger partial charge in [0.1, 0.15) is 0 Å². The summed E-state index contributed by atoms with van der Waals surface area (Å²) < 4.78 is 0. The molecule has 1 radical (unpaired) electrons. The first-order valence-corrected chi connectivity index (χ1v) is 3.13. The highest BCUT2D eigenvalue weighted by molar-refractivity contribution is 4.80. The van der Waals surface area contributed by atoms with E-state index in [2.05, 4.69) is 0 Å². The molecule has 0 aromatic heterocycles. The predicted octanol–water partition coefficient (Wildman–Crippen LogP) is -1.71. The zero-order valence-electron chi connectivity index (χ0n) is 5.64. The van der Waals surface area contributed by atoms with E-state index in [4.69, 9.17) is 20.4 Å². The molecule has 61 valence electrons. The fraction of sp³-hybridized carbons (Fsp3) is 0.833. The highest BCUT2D eigenvalue weighted by Gasteiger charge is 2.14. The Morgan fingerprint density at radius 3 is 2.20 bits per heavy atom. The van der Waals surface area contributed by atoms with Gasteiger partial charge in [0.25, 0.3) is 0 Å². The molecular weight excluding hydrogens is 136 g/mol. The van der Waals surface area contributed by atoms with Crippen LogP contribution < -0.4 is 0 Å². The first-order valence-electron chi connectivity index (χ1n) is 3.13. The van der Waals surface area contributed by atoms with Gasteiger partial charge in [0.2, 0.25) is 0 Å². The maximum atomic E-state index is 8.90. The molecule has 0 aromatic carbocycles. The van der Waals surface area contributed by atoms with Crippen molar-refractivity contribution in [3.8, 4) is 0 Å². The van der Waals surface area contributed by atoms with Crippen LogP contribution >= 0.6 is 0 Å². The third-order valence-electron chi connectivity index (χ3n) is 1.17. The largest absolute Gasteiger partial charge is 0.396 e. The maximum Gasteiger partial charge on any atom is 0.0854 e. The number of hydrogen-bond acceptors (Lipinski definition) is 4. The molecule has 0 bridgehead atoms. The minimum absolute atomic E-state index is 0.123. The number of aliphatic hydroxyl groups excluding tert-OH is 4. The van der Waals surface area contributed by atoms with Crippen LogP contribution in [0.4, 0.5) is 0 Å². The van der Waals surface area contributed by atoms with Crippen molar-refractivity contribution in [3.63, 3.8) is 0 Å². The molecule has 0 saturated carbocycles. The van der Waals surface area contributed by atoms with Crippen molar-refractivity contribution < 1.29 is 20.4 Å². The zero-order valence-corrected chi connectivity index (χ0v) is 5.64. The third kappa shape index (κ3) is 3.79. The standard InChI is InChI=1S/C6H13O4/c7-3-1-5(9)6(10)2-4-8/h1,5-10H,2-4H2. The lowest BCUT2D eigenvalue weighted by molar-refractivity contribution is 0.0179. The lowest BCUT2D eigenvalue weighted by Crippen LogP contribution is -2.28. The monoisotopic (exact) mass is 149 g/mol. The Morgan fingerprint density at radius 2 is 1.80 bits per heavy atom. The van der Waals surface area contributed by atoms with Gasteiger partial charge in [0.05, 0.1) is 12.2 Å². The van der Waals surface area contributed by atoms with Crippen molar-refractivity contribution >= 4 is 0 Å². The fourth-order valence-corrected chi connectivity index (χ4v) is 0.568. The van der Waals surface area contributed by atoms with Crippen molar-refractivity contribution in [1.82, 2.24) is 0 Å². The molecule has 0 aromatic rings. The normalized spacial score (nSPS) is 16.8. The second-order valence-corrected chi connectivity index (χ2v) is 1.99. The van der Waals surface area contributed by atoms with Gasteiger partial charge in [-0.05, 0) is 6.42 Å². The van der Waals surface area contributed by atoms with E-state index >= 15 is 0 Å². The number of aliphatic hydroxyl groups is 4. The van der Waals surface area contributed by atoms with Gasteiger partial charge >= 0.3 is 0 Å². The highest BCUT2D eigenvalue weighted by atomic mass is 16.3. The highest BCUT2D eigenvalue weighted by Crippen LogP contribution is 2.00. The van der Waals surface area contributed by atoms with Gasteiger partial charge in [-0.15, -0.1) is 0 Å². The first-order chi connectivity index (χ1) is 4.72. The van der Waals surface area contributed by atoms with E-state index in [1.54, 1.807) is 0 Å². The maximum absolute atomic E-state index is 8.90. The molecule has 0 aliphatic heterocycles. The Labute approximate surface area is 59.7 Å². The average molecular weight is 149 g/mol. The molecule has 2 unspecified atom stereocenters. The molecule has 0 rings (SSSR count). The van der Waals surface area contributed by atoms with E-state index in [-0.39, 0.29) is 19.6 Å². The molecule has 0 saturated heterocycles. The second kappa shape index (κ2) is 5.61. The SMILES string of the molecule is OC[CH]C(O)C(O)CCO. The Kier molecular flexibility index (Phi) is 5.52. The van der Waals surface area contributed by atoms with Crippen molar-refractivity contribution in [1.29, 1.82) is 0 Å². The molecule has 4 N–H and O–H groups in total. The Balaban J connectivity index is 3.38. The van der Waals surface area contributed by atoms with Gasteiger partial charge < -0.3 is 20.4 Å². The summed E-state index contributed by atoms with van der Waals surface area (Å²) in [5.74, 6) is 0. The summed E-state index contributed by atoms with van der Waals surface area (Å²) in [5, 5.41) is 34.3. The van der Waals surface area contributed by atoms with E-state index in [0.29, 0.717) is 0 Å². The molecule has 0 heterocycles. The van der Waals surface area contributed by atoms with Crippen LogP contribution in [0, 0.1) is 6.42 Å². The van der Waals surface area contributed by atoms with Gasteiger partial charge in [-0.1, -0.05) is 0 Å². The van der Waals surface area contributed by atoms with Gasteiger partial charge in [0, 0.05) is 19.6 Å². The molecule has 0 amide bonds. The van der Waals surface area contributed by atoms with Crippen molar-refractivity contribution in [2.24, 2.45) is 0 Å². The zero-order chi connectivity index (χ0) is 7.98. The lowest BCUT2D eigenvalue weighted by atomic mass is 10.1. The van der Waals surface area contributed by atoms with Crippen LogP contribution in [-0.2, 0) is 0 Å². The van der Waals surface area contributed by atoms with E-state index in [1.165, 1.54) is 6.42 Å². The molecule has 0 spiro atoms. The summed E-state index contributed by atoms with van der Waals surface area (Å²) in [6.07, 6.45) is -0.729. The molecule has 0 aliphatic rings. The lowest BCUT2D eigenvalue weighted by Gasteiger charge is -2.14. The van der Waals surface area contributed by atoms with Crippen LogP contribution in [-0.4, -0.2) is 45.8 Å². The quantitative estimate of drug-likeness (QED) is 0.375.